The molecule has 0 amide bonds. The van der Waals surface area contributed by atoms with Gasteiger partial charge in [0.15, 0.2) is 25.0 Å². The number of carbonyl (C=O) groups excluding carboxylic acids is 1. The monoisotopic (exact) mass is 1300 g/mol. The highest BCUT2D eigenvalue weighted by Crippen LogP contribution is 2.42. The summed E-state index contributed by atoms with van der Waals surface area (Å²) in [5, 5.41) is 2.25. The molecule has 0 spiro atoms. The van der Waals surface area contributed by atoms with Crippen LogP contribution in [0.2, 0.25) is 0 Å². The van der Waals surface area contributed by atoms with Gasteiger partial charge in [-0.3, -0.25) is 4.79 Å². The molecule has 0 radical (unpaired) electrons. The van der Waals surface area contributed by atoms with Crippen LogP contribution in [-0.2, 0) is 117 Å². The zero-order valence-corrected chi connectivity index (χ0v) is 54.2. The van der Waals surface area contributed by atoms with E-state index in [2.05, 4.69) is 61.5 Å². The maximum atomic E-state index is 13.7. The zero-order valence-electron chi connectivity index (χ0n) is 54.2. The van der Waals surface area contributed by atoms with Crippen LogP contribution in [0, 0.1) is 5.92 Å². The van der Waals surface area contributed by atoms with E-state index >= 15 is 0 Å². The summed E-state index contributed by atoms with van der Waals surface area (Å²) < 4.78 is 99.8. The Kier molecular flexibility index (Phi) is 23.3. The lowest BCUT2D eigenvalue weighted by Gasteiger charge is -2.52. The first-order valence-electron chi connectivity index (χ1n) is 33.4. The van der Waals surface area contributed by atoms with Crippen LogP contribution >= 0.6 is 0 Å². The normalized spacial score (nSPS) is 27.4. The van der Waals surface area contributed by atoms with E-state index in [9.17, 15) is 4.79 Å². The molecule has 1 aliphatic carbocycles. The molecule has 498 valence electrons. The molecule has 13 rings (SSSR count). The first-order chi connectivity index (χ1) is 47.3. The lowest BCUT2D eigenvalue weighted by molar-refractivity contribution is -0.398. The Morgan fingerprint density at radius 3 is 1.38 bits per heavy atom. The molecular weight excluding hydrogens is 1210 g/mol. The molecule has 1 saturated carbocycles. The van der Waals surface area contributed by atoms with Crippen LogP contribution in [-0.4, -0.2) is 105 Å². The Balaban J connectivity index is 0.909. The van der Waals surface area contributed by atoms with Crippen LogP contribution in [0.1, 0.15) is 71.1 Å². The Labute approximate surface area is 562 Å². The Morgan fingerprint density at radius 1 is 0.396 bits per heavy atom. The van der Waals surface area contributed by atoms with Crippen molar-refractivity contribution in [3.05, 3.63) is 299 Å². The maximum Gasteiger partial charge on any atom is 0.303 e. The van der Waals surface area contributed by atoms with Gasteiger partial charge in [0.25, 0.3) is 0 Å². The SMILES string of the molecule is CC(=O)O[C@H]1[C@H](O[C@H]2[C@H](OCc3ccccc3)[C@@H](OCc3ccccc3)[C@@H](O[C@@H]3[C@H](OCc4ccccc4)[C@@H](OCc4ccccc4)[C@H](C)C[C@H]3OCc3ccc4ccccc4c3)O[C@@H]2COCc2ccccc2)O[C@@H]2CO[C@@H](c3ccccc3)O[C@H]2[C@@H]1OCc1ccccc1. The van der Waals surface area contributed by atoms with Gasteiger partial charge in [-0.1, -0.05) is 256 Å². The quantitative estimate of drug-likeness (QED) is 0.0428. The molecule has 15 nitrogen and oxygen atoms in total. The first-order valence-corrected chi connectivity index (χ1v) is 33.4. The van der Waals surface area contributed by atoms with Crippen LogP contribution in [0.25, 0.3) is 10.8 Å². The highest BCUT2D eigenvalue weighted by Gasteiger charge is 2.58. The predicted molar refractivity (Wildman–Crippen MR) is 360 cm³/mol. The molecule has 96 heavy (non-hydrogen) atoms. The number of hydrogen-bond acceptors (Lipinski definition) is 15. The van der Waals surface area contributed by atoms with Gasteiger partial charge < -0.3 is 66.3 Å². The third-order valence-electron chi connectivity index (χ3n) is 18.1. The molecule has 16 atom stereocenters. The molecule has 3 saturated heterocycles. The molecule has 4 aliphatic rings. The minimum Gasteiger partial charge on any atom is -0.454 e. The second-order valence-electron chi connectivity index (χ2n) is 25.1. The minimum atomic E-state index is -1.33. The molecule has 0 bridgehead atoms. The van der Waals surface area contributed by atoms with E-state index < -0.39 is 98.1 Å². The predicted octanol–water partition coefficient (Wildman–Crippen LogP) is 14.2. The molecular formula is C81H84O15. The smallest absolute Gasteiger partial charge is 0.303 e. The van der Waals surface area contributed by atoms with Crippen LogP contribution in [0.4, 0.5) is 0 Å². The van der Waals surface area contributed by atoms with E-state index in [-0.39, 0.29) is 58.8 Å². The second kappa shape index (κ2) is 33.4. The number of fused-ring (bicyclic) bond motifs is 2. The Hall–Kier alpha value is -7.81. The molecule has 9 aromatic carbocycles. The largest absolute Gasteiger partial charge is 0.454 e. The van der Waals surface area contributed by atoms with Gasteiger partial charge in [-0.25, -0.2) is 0 Å². The van der Waals surface area contributed by atoms with Crippen LogP contribution in [0.3, 0.4) is 0 Å². The first kappa shape index (κ1) is 66.8. The molecule has 4 fully saturated rings. The van der Waals surface area contributed by atoms with Crippen molar-refractivity contribution in [3.63, 3.8) is 0 Å². The number of benzene rings is 9. The molecule has 0 aromatic heterocycles. The van der Waals surface area contributed by atoms with Gasteiger partial charge >= 0.3 is 5.97 Å². The van der Waals surface area contributed by atoms with Crippen molar-refractivity contribution in [3.8, 4) is 0 Å². The standard InChI is InChI=1S/C81H84O15/c1-55-44-67(84-52-63-42-43-64-38-24-25-41-66(64)45-63)71(74(86-48-59-30-14-5-15-31-59)70(55)85-47-58-28-12-4-13-29-58)95-80-77(89-51-62-36-20-8-21-37-62)75(87-49-60-32-16-6-17-33-60)72(68(92-80)53-83-46-57-26-10-3-11-27-57)96-81-78(91-56(2)82)76(88-50-61-34-18-7-19-35-61)73-69(93-81)54-90-79(94-73)65-39-22-9-23-40-65/h3-43,45,55,67-81H,44,46-54H2,1-2H3/t55-,67-,68-,69-,70+,71+,72-,73-,74-,75+,76+,77-,78-,79-,80-,81+/m1/s1. The molecule has 15 heteroatoms. The summed E-state index contributed by atoms with van der Waals surface area (Å²) in [5.41, 5.74) is 7.45. The van der Waals surface area contributed by atoms with E-state index in [0.717, 1.165) is 55.3 Å². The van der Waals surface area contributed by atoms with E-state index in [1.165, 1.54) is 6.92 Å². The van der Waals surface area contributed by atoms with Crippen molar-refractivity contribution in [2.24, 2.45) is 5.92 Å². The average molecular weight is 1300 g/mol. The van der Waals surface area contributed by atoms with Crippen LogP contribution in [0.5, 0.6) is 0 Å². The van der Waals surface area contributed by atoms with Crippen molar-refractivity contribution in [1.82, 2.24) is 0 Å². The minimum absolute atomic E-state index is 0.0354. The number of ether oxygens (including phenoxy) is 14. The fraction of sp³-hybridized carbons (Fsp3) is 0.346. The number of hydrogen-bond donors (Lipinski definition) is 0. The Bertz CT molecular complexity index is 3770. The lowest BCUT2D eigenvalue weighted by atomic mass is 9.81. The third-order valence-corrected chi connectivity index (χ3v) is 18.1. The van der Waals surface area contributed by atoms with Crippen LogP contribution < -0.4 is 0 Å². The lowest BCUT2D eigenvalue weighted by Crippen LogP contribution is -2.68. The Morgan fingerprint density at radius 2 is 0.833 bits per heavy atom. The summed E-state index contributed by atoms with van der Waals surface area (Å²) in [7, 11) is 0. The van der Waals surface area contributed by atoms with Crippen molar-refractivity contribution in [2.75, 3.05) is 13.2 Å². The number of rotatable bonds is 28. The summed E-state index contributed by atoms with van der Waals surface area (Å²) in [5.74, 6) is -0.654. The van der Waals surface area contributed by atoms with Crippen LogP contribution in [0.15, 0.2) is 255 Å². The third kappa shape index (κ3) is 17.5. The highest BCUT2D eigenvalue weighted by atomic mass is 16.8. The highest BCUT2D eigenvalue weighted by molar-refractivity contribution is 5.83. The maximum absolute atomic E-state index is 13.7. The van der Waals surface area contributed by atoms with E-state index in [1.807, 2.05) is 200 Å². The summed E-state index contributed by atoms with van der Waals surface area (Å²) in [4.78, 5) is 13.7. The molecule has 0 N–H and O–H groups in total. The zero-order chi connectivity index (χ0) is 65.3. The van der Waals surface area contributed by atoms with Gasteiger partial charge in [0, 0.05) is 12.5 Å². The van der Waals surface area contributed by atoms with Crippen molar-refractivity contribution >= 4 is 16.7 Å². The van der Waals surface area contributed by atoms with E-state index in [0.29, 0.717) is 13.0 Å². The van der Waals surface area contributed by atoms with Gasteiger partial charge in [-0.15, -0.1) is 0 Å². The van der Waals surface area contributed by atoms with Gasteiger partial charge in [0.05, 0.1) is 71.7 Å². The summed E-state index contributed by atoms with van der Waals surface area (Å²) in [6.07, 6.45) is -13.3. The van der Waals surface area contributed by atoms with Gasteiger partial charge in [-0.05, 0) is 68.1 Å². The summed E-state index contributed by atoms with van der Waals surface area (Å²) in [6, 6.07) is 84.4. The molecule has 3 aliphatic heterocycles. The molecule has 9 aromatic rings. The topological polar surface area (TPSA) is 146 Å². The fourth-order valence-corrected chi connectivity index (χ4v) is 13.3. The summed E-state index contributed by atoms with van der Waals surface area (Å²) in [6.45, 7) is 5.09. The number of carbonyl (C=O) groups is 1. The molecule has 0 unspecified atom stereocenters. The van der Waals surface area contributed by atoms with E-state index in [1.54, 1.807) is 0 Å². The number of esters is 1. The second-order valence-corrected chi connectivity index (χ2v) is 25.1. The van der Waals surface area contributed by atoms with Gasteiger partial charge in [0.1, 0.15) is 54.9 Å². The van der Waals surface area contributed by atoms with Crippen molar-refractivity contribution in [1.29, 1.82) is 0 Å². The van der Waals surface area contributed by atoms with Gasteiger partial charge in [-0.2, -0.15) is 0 Å². The summed E-state index contributed by atoms with van der Waals surface area (Å²) >= 11 is 0. The average Bonchev–Trinajstić information content (AvgIpc) is 0.773. The van der Waals surface area contributed by atoms with Crippen molar-refractivity contribution < 1.29 is 71.1 Å². The molecule has 3 heterocycles. The van der Waals surface area contributed by atoms with Gasteiger partial charge in [0.2, 0.25) is 0 Å². The fourth-order valence-electron chi connectivity index (χ4n) is 13.3. The van der Waals surface area contributed by atoms with Crippen molar-refractivity contribution in [2.45, 2.75) is 159 Å². The van der Waals surface area contributed by atoms with E-state index in [4.69, 9.17) is 66.3 Å².